The average Bonchev–Trinajstić information content (AvgIpc) is 2.38. The van der Waals surface area contributed by atoms with Crippen molar-refractivity contribution in [1.82, 2.24) is 0 Å². The Balaban J connectivity index is 2.05. The van der Waals surface area contributed by atoms with E-state index in [1.165, 1.54) is 6.42 Å². The van der Waals surface area contributed by atoms with E-state index >= 15 is 0 Å². The van der Waals surface area contributed by atoms with Gasteiger partial charge in [-0.1, -0.05) is 6.07 Å². The van der Waals surface area contributed by atoms with Gasteiger partial charge in [-0.2, -0.15) is 0 Å². The van der Waals surface area contributed by atoms with Gasteiger partial charge in [0.15, 0.2) is 0 Å². The number of nitrogen functional groups attached to an aromatic ring is 1. The molecule has 0 radical (unpaired) electrons. The highest BCUT2D eigenvalue weighted by molar-refractivity contribution is 6.01. The van der Waals surface area contributed by atoms with Gasteiger partial charge in [-0.05, 0) is 31.4 Å². The minimum Gasteiger partial charge on any atom is -0.397 e. The van der Waals surface area contributed by atoms with Crippen molar-refractivity contribution in [1.29, 1.82) is 0 Å². The number of anilines is 2. The lowest BCUT2D eigenvalue weighted by Crippen LogP contribution is -2.28. The number of benzene rings is 1. The normalized spacial score (nSPS) is 19.4. The SMILES string of the molecule is NC(=O)c1cccc(N)c1NCC1CCCCO1. The maximum atomic E-state index is 11.3. The number of ether oxygens (including phenoxy) is 1. The molecule has 1 aromatic carbocycles. The lowest BCUT2D eigenvalue weighted by atomic mass is 10.1. The first-order valence-electron chi connectivity index (χ1n) is 6.22. The molecule has 5 nitrogen and oxygen atoms in total. The zero-order valence-corrected chi connectivity index (χ0v) is 10.3. The molecule has 1 aromatic rings. The number of hydrogen-bond acceptors (Lipinski definition) is 4. The molecule has 1 atom stereocenters. The van der Waals surface area contributed by atoms with E-state index in [4.69, 9.17) is 16.2 Å². The highest BCUT2D eigenvalue weighted by Crippen LogP contribution is 2.24. The lowest BCUT2D eigenvalue weighted by Gasteiger charge is -2.24. The van der Waals surface area contributed by atoms with E-state index in [2.05, 4.69) is 5.32 Å². The van der Waals surface area contributed by atoms with Crippen LogP contribution in [0, 0.1) is 0 Å². The second kappa shape index (κ2) is 5.73. The number of rotatable bonds is 4. The van der Waals surface area contributed by atoms with Crippen LogP contribution in [0.4, 0.5) is 11.4 Å². The van der Waals surface area contributed by atoms with Crippen molar-refractivity contribution in [2.24, 2.45) is 5.73 Å². The van der Waals surface area contributed by atoms with Crippen LogP contribution in [0.1, 0.15) is 29.6 Å². The van der Waals surface area contributed by atoms with Crippen LogP contribution in [-0.4, -0.2) is 25.2 Å². The van der Waals surface area contributed by atoms with Crippen molar-refractivity contribution in [3.05, 3.63) is 23.8 Å². The summed E-state index contributed by atoms with van der Waals surface area (Å²) >= 11 is 0. The molecule has 2 rings (SSSR count). The number of para-hydroxylation sites is 1. The second-order valence-corrected chi connectivity index (χ2v) is 4.50. The summed E-state index contributed by atoms with van der Waals surface area (Å²) in [4.78, 5) is 11.3. The zero-order chi connectivity index (χ0) is 13.0. The Morgan fingerprint density at radius 1 is 1.44 bits per heavy atom. The van der Waals surface area contributed by atoms with E-state index in [0.29, 0.717) is 23.5 Å². The minimum absolute atomic E-state index is 0.180. The van der Waals surface area contributed by atoms with Gasteiger partial charge in [0, 0.05) is 13.2 Å². The summed E-state index contributed by atoms with van der Waals surface area (Å²) in [5, 5.41) is 3.18. The Morgan fingerprint density at radius 3 is 2.94 bits per heavy atom. The number of amides is 1. The van der Waals surface area contributed by atoms with E-state index < -0.39 is 5.91 Å². The van der Waals surface area contributed by atoms with Crippen molar-refractivity contribution in [2.75, 3.05) is 24.2 Å². The van der Waals surface area contributed by atoms with E-state index in [1.807, 2.05) is 0 Å². The van der Waals surface area contributed by atoms with Crippen molar-refractivity contribution in [3.63, 3.8) is 0 Å². The van der Waals surface area contributed by atoms with Crippen molar-refractivity contribution < 1.29 is 9.53 Å². The number of carbonyl (C=O) groups excluding carboxylic acids is 1. The van der Waals surface area contributed by atoms with Crippen LogP contribution in [0.5, 0.6) is 0 Å². The lowest BCUT2D eigenvalue weighted by molar-refractivity contribution is 0.0247. The van der Waals surface area contributed by atoms with Crippen LogP contribution < -0.4 is 16.8 Å². The van der Waals surface area contributed by atoms with Gasteiger partial charge in [-0.15, -0.1) is 0 Å². The highest BCUT2D eigenvalue weighted by Gasteiger charge is 2.16. The minimum atomic E-state index is -0.477. The quantitative estimate of drug-likeness (QED) is 0.702. The van der Waals surface area contributed by atoms with Crippen molar-refractivity contribution in [3.8, 4) is 0 Å². The maximum Gasteiger partial charge on any atom is 0.250 e. The third-order valence-electron chi connectivity index (χ3n) is 3.14. The van der Waals surface area contributed by atoms with Crippen molar-refractivity contribution >= 4 is 17.3 Å². The molecule has 1 aliphatic heterocycles. The topological polar surface area (TPSA) is 90.4 Å². The summed E-state index contributed by atoms with van der Waals surface area (Å²) < 4.78 is 5.62. The first-order chi connectivity index (χ1) is 8.68. The largest absolute Gasteiger partial charge is 0.397 e. The first-order valence-corrected chi connectivity index (χ1v) is 6.22. The predicted molar refractivity (Wildman–Crippen MR) is 71.5 cm³/mol. The van der Waals surface area contributed by atoms with E-state index in [-0.39, 0.29) is 6.10 Å². The van der Waals surface area contributed by atoms with Gasteiger partial charge in [-0.25, -0.2) is 0 Å². The first kappa shape index (κ1) is 12.7. The molecule has 1 saturated heterocycles. The Morgan fingerprint density at radius 2 is 2.28 bits per heavy atom. The fourth-order valence-corrected chi connectivity index (χ4v) is 2.16. The molecule has 0 saturated carbocycles. The van der Waals surface area contributed by atoms with Crippen LogP contribution in [0.3, 0.4) is 0 Å². The third kappa shape index (κ3) is 2.92. The molecular formula is C13H19N3O2. The molecular weight excluding hydrogens is 230 g/mol. The summed E-state index contributed by atoms with van der Waals surface area (Å²) in [6.07, 6.45) is 3.51. The molecule has 98 valence electrons. The van der Waals surface area contributed by atoms with Crippen LogP contribution in [-0.2, 0) is 4.74 Å². The van der Waals surface area contributed by atoms with Gasteiger partial charge < -0.3 is 21.5 Å². The molecule has 0 spiro atoms. The summed E-state index contributed by atoms with van der Waals surface area (Å²) in [7, 11) is 0. The molecule has 5 heteroatoms. The van der Waals surface area contributed by atoms with E-state index in [9.17, 15) is 4.79 Å². The highest BCUT2D eigenvalue weighted by atomic mass is 16.5. The average molecular weight is 249 g/mol. The Kier molecular flexibility index (Phi) is 4.04. The zero-order valence-electron chi connectivity index (χ0n) is 10.3. The molecule has 1 fully saturated rings. The molecule has 1 unspecified atom stereocenters. The fourth-order valence-electron chi connectivity index (χ4n) is 2.16. The summed E-state index contributed by atoms with van der Waals surface area (Å²) in [5.74, 6) is -0.477. The molecule has 0 aromatic heterocycles. The van der Waals surface area contributed by atoms with Crippen molar-refractivity contribution in [2.45, 2.75) is 25.4 Å². The molecule has 18 heavy (non-hydrogen) atoms. The summed E-state index contributed by atoms with van der Waals surface area (Å²) in [6.45, 7) is 1.45. The molecule has 0 aliphatic carbocycles. The standard InChI is InChI=1S/C13H19N3O2/c14-11-6-3-5-10(13(15)17)12(11)16-8-9-4-1-2-7-18-9/h3,5-6,9,16H,1-2,4,7-8,14H2,(H2,15,17). The monoisotopic (exact) mass is 249 g/mol. The molecule has 1 aliphatic rings. The van der Waals surface area contributed by atoms with Gasteiger partial charge in [0.1, 0.15) is 0 Å². The van der Waals surface area contributed by atoms with Gasteiger partial charge in [0.05, 0.1) is 23.0 Å². The van der Waals surface area contributed by atoms with Gasteiger partial charge in [0.25, 0.3) is 5.91 Å². The number of hydrogen-bond donors (Lipinski definition) is 3. The van der Waals surface area contributed by atoms with Gasteiger partial charge in [-0.3, -0.25) is 4.79 Å². The number of carbonyl (C=O) groups is 1. The van der Waals surface area contributed by atoms with Crippen LogP contribution >= 0.6 is 0 Å². The molecule has 1 amide bonds. The van der Waals surface area contributed by atoms with Crippen LogP contribution in [0.15, 0.2) is 18.2 Å². The van der Waals surface area contributed by atoms with Crippen LogP contribution in [0.25, 0.3) is 0 Å². The van der Waals surface area contributed by atoms with Crippen LogP contribution in [0.2, 0.25) is 0 Å². The Hall–Kier alpha value is -1.75. The predicted octanol–water partition coefficient (Wildman–Crippen LogP) is 1.35. The Labute approximate surface area is 106 Å². The van der Waals surface area contributed by atoms with E-state index in [0.717, 1.165) is 19.4 Å². The van der Waals surface area contributed by atoms with Gasteiger partial charge in [0.2, 0.25) is 0 Å². The smallest absolute Gasteiger partial charge is 0.250 e. The van der Waals surface area contributed by atoms with E-state index in [1.54, 1.807) is 18.2 Å². The van der Waals surface area contributed by atoms with Gasteiger partial charge >= 0.3 is 0 Å². The fraction of sp³-hybridized carbons (Fsp3) is 0.462. The molecule has 5 N–H and O–H groups in total. The molecule has 0 bridgehead atoms. The third-order valence-corrected chi connectivity index (χ3v) is 3.14. The Bertz CT molecular complexity index is 428. The summed E-state index contributed by atoms with van der Waals surface area (Å²) in [6, 6.07) is 5.14. The number of nitrogens with two attached hydrogens (primary N) is 2. The second-order valence-electron chi connectivity index (χ2n) is 4.50. The molecule has 1 heterocycles. The number of nitrogens with one attached hydrogen (secondary N) is 1. The number of primary amides is 1. The summed E-state index contributed by atoms with van der Waals surface area (Å²) in [5.41, 5.74) is 12.8. The maximum absolute atomic E-state index is 11.3.